The highest BCUT2D eigenvalue weighted by atomic mass is 16.5. The molecule has 0 aliphatic carbocycles. The average Bonchev–Trinajstić information content (AvgIpc) is 3.35. The second-order valence-corrected chi connectivity index (χ2v) is 8.75. The summed E-state index contributed by atoms with van der Waals surface area (Å²) in [7, 11) is 1.34. The third-order valence-electron chi connectivity index (χ3n) is 6.27. The Hall–Kier alpha value is -3.61. The highest BCUT2D eigenvalue weighted by Crippen LogP contribution is 2.42. The number of nitrogens with zero attached hydrogens (tertiary/aromatic N) is 1. The molecule has 0 fully saturated rings. The summed E-state index contributed by atoms with van der Waals surface area (Å²) in [4.78, 5) is 34.1. The van der Waals surface area contributed by atoms with E-state index in [1.165, 1.54) is 7.11 Å². The van der Waals surface area contributed by atoms with Gasteiger partial charge in [-0.05, 0) is 45.4 Å². The summed E-state index contributed by atoms with van der Waals surface area (Å²) >= 11 is 0. The van der Waals surface area contributed by atoms with Crippen LogP contribution in [0.3, 0.4) is 0 Å². The minimum Gasteiger partial charge on any atom is -0.466 e. The quantitative estimate of drug-likeness (QED) is 0.644. The van der Waals surface area contributed by atoms with Crippen molar-refractivity contribution in [3.8, 4) is 0 Å². The molecular formula is C26H29N3O4. The van der Waals surface area contributed by atoms with Crippen LogP contribution in [0, 0.1) is 0 Å². The number of para-hydroxylation sites is 1. The molecule has 0 bridgehead atoms. The fourth-order valence-electron chi connectivity index (χ4n) is 4.63. The molecule has 0 saturated carbocycles. The number of rotatable bonds is 6. The number of dihydropyridines is 1. The predicted molar refractivity (Wildman–Crippen MR) is 128 cm³/mol. The van der Waals surface area contributed by atoms with Gasteiger partial charge < -0.3 is 19.8 Å². The third-order valence-corrected chi connectivity index (χ3v) is 6.27. The van der Waals surface area contributed by atoms with E-state index in [4.69, 9.17) is 9.47 Å². The first-order valence-electron chi connectivity index (χ1n) is 11.0. The van der Waals surface area contributed by atoms with Gasteiger partial charge in [-0.25, -0.2) is 9.59 Å². The van der Waals surface area contributed by atoms with Crippen molar-refractivity contribution in [2.45, 2.75) is 45.6 Å². The maximum absolute atomic E-state index is 13.4. The fraction of sp³-hybridized carbons (Fsp3) is 0.346. The Morgan fingerprint density at radius 3 is 2.45 bits per heavy atom. The number of allylic oxidation sites excluding steroid dienone is 3. The molecule has 2 atom stereocenters. The summed E-state index contributed by atoms with van der Waals surface area (Å²) in [5.41, 5.74) is 4.44. The first-order chi connectivity index (χ1) is 15.7. The van der Waals surface area contributed by atoms with Gasteiger partial charge in [-0.3, -0.25) is 4.99 Å². The van der Waals surface area contributed by atoms with Crippen molar-refractivity contribution < 1.29 is 19.1 Å². The van der Waals surface area contributed by atoms with E-state index in [0.717, 1.165) is 22.2 Å². The van der Waals surface area contributed by atoms with Crippen LogP contribution in [0.1, 0.15) is 45.6 Å². The number of methoxy groups -OCH3 is 1. The minimum atomic E-state index is -0.621. The smallest absolute Gasteiger partial charge is 0.336 e. The van der Waals surface area contributed by atoms with Gasteiger partial charge in [0.25, 0.3) is 0 Å². The number of esters is 2. The molecular weight excluding hydrogens is 418 g/mol. The second kappa shape index (κ2) is 8.73. The van der Waals surface area contributed by atoms with E-state index in [1.54, 1.807) is 0 Å². The van der Waals surface area contributed by atoms with E-state index >= 15 is 0 Å². The molecule has 0 radical (unpaired) electrons. The van der Waals surface area contributed by atoms with E-state index < -0.39 is 17.9 Å². The Morgan fingerprint density at radius 1 is 1.09 bits per heavy atom. The number of aromatic amines is 1. The van der Waals surface area contributed by atoms with Crippen LogP contribution in [-0.4, -0.2) is 41.9 Å². The molecule has 172 valence electrons. The third kappa shape index (κ3) is 4.23. The molecule has 2 N–H and O–H groups in total. The number of benzene rings is 1. The first kappa shape index (κ1) is 22.6. The lowest BCUT2D eigenvalue weighted by Crippen LogP contribution is -2.32. The lowest BCUT2D eigenvalue weighted by atomic mass is 9.80. The van der Waals surface area contributed by atoms with Crippen LogP contribution in [0.5, 0.6) is 0 Å². The van der Waals surface area contributed by atoms with Crippen LogP contribution in [-0.2, 0) is 19.1 Å². The number of aliphatic imine (C=N–C) groups is 1. The molecule has 33 heavy (non-hydrogen) atoms. The predicted octanol–water partition coefficient (Wildman–Crippen LogP) is 4.30. The summed E-state index contributed by atoms with van der Waals surface area (Å²) in [5.74, 6) is -1.57. The van der Waals surface area contributed by atoms with Crippen molar-refractivity contribution >= 4 is 28.6 Å². The molecule has 3 heterocycles. The molecule has 2 aromatic rings. The van der Waals surface area contributed by atoms with Crippen molar-refractivity contribution in [3.63, 3.8) is 0 Å². The lowest BCUT2D eigenvalue weighted by molar-refractivity contribution is -0.139. The number of H-pyrrole nitrogens is 1. The summed E-state index contributed by atoms with van der Waals surface area (Å²) in [5, 5.41) is 4.11. The molecule has 2 aliphatic rings. The minimum absolute atomic E-state index is 0.212. The van der Waals surface area contributed by atoms with Crippen LogP contribution < -0.4 is 5.32 Å². The zero-order valence-electron chi connectivity index (χ0n) is 19.6. The Morgan fingerprint density at radius 2 is 1.79 bits per heavy atom. The maximum atomic E-state index is 13.4. The number of nitrogens with one attached hydrogen (secondary N) is 2. The zero-order valence-corrected chi connectivity index (χ0v) is 19.6. The van der Waals surface area contributed by atoms with Crippen molar-refractivity contribution in [3.05, 3.63) is 70.7 Å². The summed E-state index contributed by atoms with van der Waals surface area (Å²) in [6, 6.07) is 7.80. The molecule has 2 unspecified atom stereocenters. The van der Waals surface area contributed by atoms with Gasteiger partial charge in [-0.2, -0.15) is 0 Å². The van der Waals surface area contributed by atoms with Crippen LogP contribution in [0.15, 0.2) is 70.1 Å². The largest absolute Gasteiger partial charge is 0.466 e. The van der Waals surface area contributed by atoms with Crippen molar-refractivity contribution in [1.29, 1.82) is 0 Å². The number of hydrogen-bond donors (Lipinski definition) is 2. The summed E-state index contributed by atoms with van der Waals surface area (Å²) in [6.45, 7) is 7.81. The van der Waals surface area contributed by atoms with E-state index in [1.807, 2.05) is 70.3 Å². The number of hydrogen-bond acceptors (Lipinski definition) is 6. The van der Waals surface area contributed by atoms with Crippen LogP contribution in [0.2, 0.25) is 0 Å². The van der Waals surface area contributed by atoms with E-state index in [-0.39, 0.29) is 12.1 Å². The average molecular weight is 448 g/mol. The first-order valence-corrected chi connectivity index (χ1v) is 11.0. The number of aromatic nitrogens is 1. The molecule has 7 heteroatoms. The van der Waals surface area contributed by atoms with Crippen molar-refractivity contribution in [1.82, 2.24) is 10.3 Å². The standard InChI is InChI=1S/C26H29N3O4/c1-15-10-11-26(4,29-15)12-13-33-25(31)22-17(3)28-16(2)21(24(30)32-5)23(22)19-14-27-20-9-7-6-8-18(19)20/h6-11,14,23,27-28H,12-13H2,1-5H3. The number of fused-ring (bicyclic) bond motifs is 1. The SMILES string of the molecule is COC(=O)C1=C(C)NC(C)=C(C(=O)OCCC2(C)C=CC(C)=N2)C1c1c[nH]c2ccccc12. The number of carbonyl (C=O) groups excluding carboxylic acids is 2. The highest BCUT2D eigenvalue weighted by molar-refractivity contribution is 6.01. The molecule has 2 aliphatic heterocycles. The number of ether oxygens (including phenoxy) is 2. The van der Waals surface area contributed by atoms with E-state index in [2.05, 4.69) is 15.3 Å². The van der Waals surface area contributed by atoms with Crippen LogP contribution >= 0.6 is 0 Å². The van der Waals surface area contributed by atoms with Gasteiger partial charge in [0, 0.05) is 40.6 Å². The lowest BCUT2D eigenvalue weighted by Gasteiger charge is -2.30. The molecule has 1 aromatic carbocycles. The van der Waals surface area contributed by atoms with Gasteiger partial charge >= 0.3 is 11.9 Å². The Kier molecular flexibility index (Phi) is 5.97. The van der Waals surface area contributed by atoms with Gasteiger partial charge in [0.2, 0.25) is 0 Å². The topological polar surface area (TPSA) is 92.8 Å². The van der Waals surface area contributed by atoms with Crippen LogP contribution in [0.25, 0.3) is 10.9 Å². The van der Waals surface area contributed by atoms with E-state index in [0.29, 0.717) is 29.0 Å². The van der Waals surface area contributed by atoms with Gasteiger partial charge in [0.1, 0.15) is 0 Å². The monoisotopic (exact) mass is 447 g/mol. The van der Waals surface area contributed by atoms with Crippen molar-refractivity contribution in [2.75, 3.05) is 13.7 Å². The molecule has 1 aromatic heterocycles. The van der Waals surface area contributed by atoms with Gasteiger partial charge in [0.15, 0.2) is 0 Å². The molecule has 0 amide bonds. The van der Waals surface area contributed by atoms with Gasteiger partial charge in [0.05, 0.1) is 36.3 Å². The van der Waals surface area contributed by atoms with Gasteiger partial charge in [-0.15, -0.1) is 0 Å². The highest BCUT2D eigenvalue weighted by Gasteiger charge is 2.39. The van der Waals surface area contributed by atoms with Gasteiger partial charge in [-0.1, -0.05) is 24.3 Å². The molecule has 0 saturated heterocycles. The maximum Gasteiger partial charge on any atom is 0.336 e. The fourth-order valence-corrected chi connectivity index (χ4v) is 4.63. The molecule has 4 rings (SSSR count). The molecule has 0 spiro atoms. The van der Waals surface area contributed by atoms with Crippen molar-refractivity contribution in [2.24, 2.45) is 4.99 Å². The zero-order chi connectivity index (χ0) is 23.8. The second-order valence-electron chi connectivity index (χ2n) is 8.75. The normalized spacial score (nSPS) is 22.5. The molecule has 7 nitrogen and oxygen atoms in total. The number of carbonyl (C=O) groups is 2. The summed E-state index contributed by atoms with van der Waals surface area (Å²) < 4.78 is 10.8. The Labute approximate surface area is 193 Å². The van der Waals surface area contributed by atoms with E-state index in [9.17, 15) is 9.59 Å². The Bertz CT molecular complexity index is 1250. The summed E-state index contributed by atoms with van der Waals surface area (Å²) in [6.07, 6.45) is 6.42. The Balaban J connectivity index is 1.69. The van der Waals surface area contributed by atoms with Crippen LogP contribution in [0.4, 0.5) is 0 Å².